The van der Waals surface area contributed by atoms with E-state index in [1.807, 2.05) is 65.7 Å². The second kappa shape index (κ2) is 7.98. The van der Waals surface area contributed by atoms with Gasteiger partial charge in [0.2, 0.25) is 0 Å². The minimum absolute atomic E-state index is 0.0387. The third kappa shape index (κ3) is 3.82. The number of amides is 1. The van der Waals surface area contributed by atoms with Gasteiger partial charge in [-0.25, -0.2) is 4.98 Å². The number of benzene rings is 1. The third-order valence-corrected chi connectivity index (χ3v) is 5.08. The number of carbonyl (C=O) groups is 1. The number of nitrogens with zero attached hydrogens (tertiary/aromatic N) is 3. The van der Waals surface area contributed by atoms with Gasteiger partial charge in [0.15, 0.2) is 0 Å². The van der Waals surface area contributed by atoms with Crippen LogP contribution in [0.4, 0.5) is 0 Å². The lowest BCUT2D eigenvalue weighted by atomic mass is 10.2. The quantitative estimate of drug-likeness (QED) is 0.644. The number of aromatic nitrogens is 2. The van der Waals surface area contributed by atoms with Crippen LogP contribution in [0.25, 0.3) is 5.65 Å². The molecular formula is C23H23N3O3. The van der Waals surface area contributed by atoms with Crippen LogP contribution < -0.4 is 4.74 Å². The number of pyridine rings is 1. The fraction of sp³-hybridized carbons (Fsp3) is 0.304. The monoisotopic (exact) mass is 389 g/mol. The Balaban J connectivity index is 1.47. The first-order valence-corrected chi connectivity index (χ1v) is 9.61. The molecule has 148 valence electrons. The highest BCUT2D eigenvalue weighted by molar-refractivity contribution is 5.95. The summed E-state index contributed by atoms with van der Waals surface area (Å²) in [6.07, 6.45) is 7.11. The van der Waals surface area contributed by atoms with E-state index in [2.05, 4.69) is 10.9 Å². The summed E-state index contributed by atoms with van der Waals surface area (Å²) in [7, 11) is 0. The Morgan fingerprint density at radius 2 is 2.21 bits per heavy atom. The number of carbonyl (C=O) groups excluding carboxylic acids is 1. The molecule has 1 aliphatic heterocycles. The van der Waals surface area contributed by atoms with Gasteiger partial charge in [-0.1, -0.05) is 18.1 Å². The predicted octanol–water partition coefficient (Wildman–Crippen LogP) is 2.85. The van der Waals surface area contributed by atoms with Crippen molar-refractivity contribution in [2.75, 3.05) is 26.3 Å². The molecule has 0 bridgehead atoms. The van der Waals surface area contributed by atoms with Crippen molar-refractivity contribution in [3.05, 3.63) is 65.1 Å². The smallest absolute Gasteiger partial charge is 0.272 e. The van der Waals surface area contributed by atoms with Gasteiger partial charge in [-0.15, -0.1) is 6.42 Å². The molecule has 1 aromatic carbocycles. The van der Waals surface area contributed by atoms with Crippen LogP contribution >= 0.6 is 0 Å². The number of hydrogen-bond acceptors (Lipinski definition) is 4. The first kappa shape index (κ1) is 19.0. The Morgan fingerprint density at radius 1 is 1.34 bits per heavy atom. The van der Waals surface area contributed by atoms with Gasteiger partial charge < -0.3 is 14.4 Å². The molecule has 1 unspecified atom stereocenters. The average molecular weight is 389 g/mol. The standard InChI is InChI=1S/C23H23N3O3/c1-4-18-8-5-9-19(13-18)29-15-20-14-25(11-12-28-20)23(27)21-17(3)24-22-16(2)7-6-10-26(21)22/h1,5-10,13,20H,11-12,14-15H2,2-3H3. The summed E-state index contributed by atoms with van der Waals surface area (Å²) in [4.78, 5) is 19.7. The fourth-order valence-corrected chi connectivity index (χ4v) is 3.59. The van der Waals surface area contributed by atoms with Crippen molar-refractivity contribution in [1.82, 2.24) is 14.3 Å². The summed E-state index contributed by atoms with van der Waals surface area (Å²) in [6.45, 7) is 5.70. The number of morpholine rings is 1. The first-order chi connectivity index (χ1) is 14.1. The van der Waals surface area contributed by atoms with Crippen molar-refractivity contribution >= 4 is 11.6 Å². The zero-order valence-corrected chi connectivity index (χ0v) is 16.6. The molecule has 1 amide bonds. The van der Waals surface area contributed by atoms with Crippen molar-refractivity contribution in [3.63, 3.8) is 0 Å². The number of terminal acetylenes is 1. The Hall–Kier alpha value is -3.30. The molecule has 6 nitrogen and oxygen atoms in total. The van der Waals surface area contributed by atoms with E-state index in [1.165, 1.54) is 0 Å². The Labute approximate surface area is 170 Å². The van der Waals surface area contributed by atoms with E-state index in [9.17, 15) is 4.79 Å². The largest absolute Gasteiger partial charge is 0.491 e. The maximum Gasteiger partial charge on any atom is 0.272 e. The lowest BCUT2D eigenvalue weighted by Gasteiger charge is -2.32. The molecule has 4 rings (SSSR count). The summed E-state index contributed by atoms with van der Waals surface area (Å²) >= 11 is 0. The van der Waals surface area contributed by atoms with Gasteiger partial charge in [0.25, 0.3) is 5.91 Å². The van der Waals surface area contributed by atoms with Crippen LogP contribution in [0.1, 0.15) is 27.3 Å². The zero-order valence-electron chi connectivity index (χ0n) is 16.6. The molecule has 1 saturated heterocycles. The van der Waals surface area contributed by atoms with Gasteiger partial charge in [0, 0.05) is 18.3 Å². The van der Waals surface area contributed by atoms with Gasteiger partial charge in [0.1, 0.15) is 29.8 Å². The topological polar surface area (TPSA) is 56.1 Å². The van der Waals surface area contributed by atoms with Crippen LogP contribution in [-0.4, -0.2) is 52.6 Å². The second-order valence-corrected chi connectivity index (χ2v) is 7.16. The van der Waals surface area contributed by atoms with Crippen LogP contribution in [0.2, 0.25) is 0 Å². The minimum Gasteiger partial charge on any atom is -0.491 e. The molecule has 3 aromatic rings. The molecule has 3 heterocycles. The molecule has 0 aliphatic carbocycles. The summed E-state index contributed by atoms with van der Waals surface area (Å²) < 4.78 is 13.5. The van der Waals surface area contributed by atoms with E-state index in [4.69, 9.17) is 15.9 Å². The number of imidazole rings is 1. The lowest BCUT2D eigenvalue weighted by molar-refractivity contribution is -0.0403. The minimum atomic E-state index is -0.205. The first-order valence-electron chi connectivity index (χ1n) is 9.61. The Morgan fingerprint density at radius 3 is 3.03 bits per heavy atom. The summed E-state index contributed by atoms with van der Waals surface area (Å²) in [5, 5.41) is 0. The van der Waals surface area contributed by atoms with Gasteiger partial charge >= 0.3 is 0 Å². The molecule has 1 atom stereocenters. The van der Waals surface area contributed by atoms with E-state index in [0.717, 1.165) is 22.5 Å². The lowest BCUT2D eigenvalue weighted by Crippen LogP contribution is -2.48. The van der Waals surface area contributed by atoms with Gasteiger partial charge in [-0.3, -0.25) is 9.20 Å². The van der Waals surface area contributed by atoms with Gasteiger partial charge in [0.05, 0.1) is 18.8 Å². The molecule has 29 heavy (non-hydrogen) atoms. The van der Waals surface area contributed by atoms with Crippen molar-refractivity contribution in [2.24, 2.45) is 0 Å². The highest BCUT2D eigenvalue weighted by Gasteiger charge is 2.28. The Kier molecular flexibility index (Phi) is 5.24. The van der Waals surface area contributed by atoms with Crippen LogP contribution in [0.3, 0.4) is 0 Å². The average Bonchev–Trinajstić information content (AvgIpc) is 3.09. The molecule has 0 radical (unpaired) electrons. The van der Waals surface area contributed by atoms with Gasteiger partial charge in [-0.2, -0.15) is 0 Å². The molecule has 0 spiro atoms. The molecule has 1 aliphatic rings. The maximum atomic E-state index is 13.3. The van der Waals surface area contributed by atoms with Crippen molar-refractivity contribution in [1.29, 1.82) is 0 Å². The van der Waals surface area contributed by atoms with Crippen LogP contribution in [0.5, 0.6) is 5.75 Å². The number of aryl methyl sites for hydroxylation is 2. The van der Waals surface area contributed by atoms with Crippen molar-refractivity contribution in [3.8, 4) is 18.1 Å². The molecular weight excluding hydrogens is 366 g/mol. The van der Waals surface area contributed by atoms with Crippen LogP contribution in [0.15, 0.2) is 42.6 Å². The number of ether oxygens (including phenoxy) is 2. The SMILES string of the molecule is C#Cc1cccc(OCC2CN(C(=O)c3c(C)nc4c(C)cccn34)CCO2)c1. The fourth-order valence-electron chi connectivity index (χ4n) is 3.59. The number of hydrogen-bond donors (Lipinski definition) is 0. The van der Waals surface area contributed by atoms with Gasteiger partial charge in [-0.05, 0) is 43.7 Å². The Bertz CT molecular complexity index is 1100. The summed E-state index contributed by atoms with van der Waals surface area (Å²) in [5.41, 5.74) is 3.95. The second-order valence-electron chi connectivity index (χ2n) is 7.16. The van der Waals surface area contributed by atoms with E-state index in [0.29, 0.717) is 37.7 Å². The van der Waals surface area contributed by atoms with E-state index < -0.39 is 0 Å². The molecule has 0 saturated carbocycles. The maximum absolute atomic E-state index is 13.3. The zero-order chi connectivity index (χ0) is 20.4. The number of fused-ring (bicyclic) bond motifs is 1. The summed E-state index contributed by atoms with van der Waals surface area (Å²) in [5.74, 6) is 3.25. The van der Waals surface area contributed by atoms with E-state index in [-0.39, 0.29) is 12.0 Å². The van der Waals surface area contributed by atoms with E-state index in [1.54, 1.807) is 0 Å². The normalized spacial score (nSPS) is 16.6. The van der Waals surface area contributed by atoms with Crippen LogP contribution in [0, 0.1) is 26.2 Å². The third-order valence-electron chi connectivity index (χ3n) is 5.08. The predicted molar refractivity (Wildman–Crippen MR) is 110 cm³/mol. The molecule has 6 heteroatoms. The summed E-state index contributed by atoms with van der Waals surface area (Å²) in [6, 6.07) is 11.3. The highest BCUT2D eigenvalue weighted by Crippen LogP contribution is 2.19. The number of rotatable bonds is 4. The van der Waals surface area contributed by atoms with Crippen LogP contribution in [-0.2, 0) is 4.74 Å². The molecule has 2 aromatic heterocycles. The van der Waals surface area contributed by atoms with Crippen molar-refractivity contribution in [2.45, 2.75) is 20.0 Å². The molecule has 0 N–H and O–H groups in total. The molecule has 1 fully saturated rings. The van der Waals surface area contributed by atoms with E-state index >= 15 is 0 Å². The van der Waals surface area contributed by atoms with Crippen molar-refractivity contribution < 1.29 is 14.3 Å². The highest BCUT2D eigenvalue weighted by atomic mass is 16.5.